The van der Waals surface area contributed by atoms with Gasteiger partial charge in [-0.15, -0.1) is 21.5 Å². The number of hydrogen-bond acceptors (Lipinski definition) is 8. The normalized spacial score (nSPS) is 12.2. The van der Waals surface area contributed by atoms with Crippen LogP contribution in [0.4, 0.5) is 0 Å². The predicted octanol–water partition coefficient (Wildman–Crippen LogP) is 3.20. The Balaban J connectivity index is 1.37. The number of aryl methyl sites for hydroxylation is 1. The summed E-state index contributed by atoms with van der Waals surface area (Å²) in [6.07, 6.45) is 0.787. The van der Waals surface area contributed by atoms with E-state index in [1.807, 2.05) is 35.7 Å². The van der Waals surface area contributed by atoms with Gasteiger partial charge in [-0.05, 0) is 30.5 Å². The first-order chi connectivity index (χ1) is 13.6. The molecule has 0 amide bonds. The zero-order valence-corrected chi connectivity index (χ0v) is 15.8. The number of carbonyl (C=O) groups excluding carboxylic acids is 1. The summed E-state index contributed by atoms with van der Waals surface area (Å²) >= 11 is 1.40. The minimum Gasteiger partial charge on any atom is -0.453 e. The summed E-state index contributed by atoms with van der Waals surface area (Å²) in [4.78, 5) is 29.4. The molecule has 4 rings (SSSR count). The molecule has 28 heavy (non-hydrogen) atoms. The average Bonchev–Trinajstić information content (AvgIpc) is 3.38. The van der Waals surface area contributed by atoms with Gasteiger partial charge in [0.1, 0.15) is 4.83 Å². The maximum atomic E-state index is 12.3. The lowest BCUT2D eigenvalue weighted by molar-refractivity contribution is -0.149. The smallest absolute Gasteiger partial charge is 0.308 e. The van der Waals surface area contributed by atoms with Crippen molar-refractivity contribution in [2.45, 2.75) is 26.0 Å². The first-order valence-electron chi connectivity index (χ1n) is 8.63. The summed E-state index contributed by atoms with van der Waals surface area (Å²) < 4.78 is 12.3. The van der Waals surface area contributed by atoms with Crippen LogP contribution in [0.25, 0.3) is 21.7 Å². The molecule has 0 fully saturated rings. The summed E-state index contributed by atoms with van der Waals surface area (Å²) in [5, 5.41) is 10.3. The van der Waals surface area contributed by atoms with Crippen LogP contribution in [0.3, 0.4) is 0 Å². The van der Waals surface area contributed by atoms with Gasteiger partial charge in [0.25, 0.3) is 11.4 Å². The fraction of sp³-hybridized carbons (Fsp3) is 0.211. The van der Waals surface area contributed by atoms with Gasteiger partial charge in [-0.3, -0.25) is 14.2 Å². The molecule has 3 aromatic heterocycles. The van der Waals surface area contributed by atoms with Gasteiger partial charge in [0.2, 0.25) is 5.89 Å². The van der Waals surface area contributed by atoms with E-state index in [1.54, 1.807) is 13.0 Å². The fourth-order valence-electron chi connectivity index (χ4n) is 2.67. The van der Waals surface area contributed by atoms with Crippen molar-refractivity contribution in [1.29, 1.82) is 0 Å². The zero-order chi connectivity index (χ0) is 19.5. The van der Waals surface area contributed by atoms with Gasteiger partial charge in [0.05, 0.1) is 18.1 Å². The minimum atomic E-state index is -0.688. The summed E-state index contributed by atoms with van der Waals surface area (Å²) in [5.41, 5.74) is 0.618. The molecule has 0 N–H and O–H groups in total. The van der Waals surface area contributed by atoms with Crippen molar-refractivity contribution in [2.75, 3.05) is 0 Å². The Bertz CT molecular complexity index is 1170. The number of esters is 1. The number of aromatic nitrogens is 4. The summed E-state index contributed by atoms with van der Waals surface area (Å²) in [5.74, 6) is 0.107. The first kappa shape index (κ1) is 18.1. The number of nitrogens with zero attached hydrogens (tertiary/aromatic N) is 4. The fourth-order valence-corrected chi connectivity index (χ4v) is 3.39. The molecule has 1 aromatic carbocycles. The number of thiophene rings is 1. The van der Waals surface area contributed by atoms with Crippen molar-refractivity contribution in [3.63, 3.8) is 0 Å². The van der Waals surface area contributed by atoms with E-state index in [4.69, 9.17) is 9.15 Å². The molecule has 9 heteroatoms. The van der Waals surface area contributed by atoms with Crippen molar-refractivity contribution < 1.29 is 13.9 Å². The van der Waals surface area contributed by atoms with Crippen LogP contribution >= 0.6 is 11.3 Å². The molecule has 142 valence electrons. The summed E-state index contributed by atoms with van der Waals surface area (Å²) in [6, 6.07) is 11.1. The Morgan fingerprint density at radius 1 is 1.25 bits per heavy atom. The summed E-state index contributed by atoms with van der Waals surface area (Å²) in [7, 11) is 0. The van der Waals surface area contributed by atoms with E-state index in [9.17, 15) is 9.59 Å². The lowest BCUT2D eigenvalue weighted by atomic mass is 10.2. The Hall–Kier alpha value is -3.33. The SMILES string of the molecule is CC(OC(=O)CCn1cnc2sccc2c1=O)c1nnc(-c2ccccc2)o1. The van der Waals surface area contributed by atoms with Gasteiger partial charge in [-0.1, -0.05) is 18.2 Å². The molecule has 1 unspecified atom stereocenters. The van der Waals surface area contributed by atoms with Crippen molar-refractivity contribution in [1.82, 2.24) is 19.7 Å². The second kappa shape index (κ2) is 7.73. The van der Waals surface area contributed by atoms with Crippen molar-refractivity contribution in [3.8, 4) is 11.5 Å². The number of carbonyl (C=O) groups is 1. The van der Waals surface area contributed by atoms with Crippen LogP contribution in [0.1, 0.15) is 25.3 Å². The van der Waals surface area contributed by atoms with Gasteiger partial charge in [-0.25, -0.2) is 4.98 Å². The number of ether oxygens (including phenoxy) is 1. The second-order valence-corrected chi connectivity index (χ2v) is 6.97. The molecule has 0 saturated carbocycles. The number of benzene rings is 1. The molecule has 0 aliphatic rings. The molecule has 0 bridgehead atoms. The molecule has 0 aliphatic heterocycles. The molecule has 0 spiro atoms. The highest BCUT2D eigenvalue weighted by atomic mass is 32.1. The van der Waals surface area contributed by atoms with Gasteiger partial charge in [0, 0.05) is 12.1 Å². The lowest BCUT2D eigenvalue weighted by Crippen LogP contribution is -2.22. The zero-order valence-electron chi connectivity index (χ0n) is 14.9. The molecule has 4 aromatic rings. The molecule has 0 saturated heterocycles. The maximum absolute atomic E-state index is 12.3. The molecule has 0 aliphatic carbocycles. The molecule has 3 heterocycles. The molecule has 8 nitrogen and oxygen atoms in total. The van der Waals surface area contributed by atoms with Gasteiger partial charge >= 0.3 is 5.97 Å². The highest BCUT2D eigenvalue weighted by Gasteiger charge is 2.19. The number of hydrogen-bond donors (Lipinski definition) is 0. The third kappa shape index (κ3) is 3.70. The van der Waals surface area contributed by atoms with E-state index < -0.39 is 12.1 Å². The average molecular weight is 396 g/mol. The topological polar surface area (TPSA) is 100 Å². The van der Waals surface area contributed by atoms with Crippen LogP contribution in [-0.4, -0.2) is 25.7 Å². The van der Waals surface area contributed by atoms with Gasteiger partial charge in [-0.2, -0.15) is 0 Å². The van der Waals surface area contributed by atoms with E-state index in [2.05, 4.69) is 15.2 Å². The number of rotatable bonds is 6. The van der Waals surface area contributed by atoms with E-state index in [0.717, 1.165) is 5.56 Å². The molecular weight excluding hydrogens is 380 g/mol. The highest BCUT2D eigenvalue weighted by molar-refractivity contribution is 7.16. The van der Waals surface area contributed by atoms with E-state index >= 15 is 0 Å². The van der Waals surface area contributed by atoms with Crippen molar-refractivity contribution in [3.05, 3.63) is 64.4 Å². The summed E-state index contributed by atoms with van der Waals surface area (Å²) in [6.45, 7) is 1.84. The van der Waals surface area contributed by atoms with Gasteiger partial charge in [0.15, 0.2) is 6.10 Å². The largest absolute Gasteiger partial charge is 0.453 e. The van der Waals surface area contributed by atoms with Crippen LogP contribution in [0.5, 0.6) is 0 Å². The molecule has 1 atom stereocenters. The molecule has 0 radical (unpaired) electrons. The second-order valence-electron chi connectivity index (χ2n) is 6.08. The first-order valence-corrected chi connectivity index (χ1v) is 9.51. The highest BCUT2D eigenvalue weighted by Crippen LogP contribution is 2.22. The third-order valence-electron chi connectivity index (χ3n) is 4.12. The van der Waals surface area contributed by atoms with Crippen LogP contribution < -0.4 is 5.56 Å². The van der Waals surface area contributed by atoms with Crippen molar-refractivity contribution >= 4 is 27.5 Å². The predicted molar refractivity (Wildman–Crippen MR) is 103 cm³/mol. The Morgan fingerprint density at radius 3 is 2.89 bits per heavy atom. The Labute approximate surface area is 163 Å². The maximum Gasteiger partial charge on any atom is 0.308 e. The Morgan fingerprint density at radius 2 is 2.07 bits per heavy atom. The van der Waals surface area contributed by atoms with E-state index in [-0.39, 0.29) is 24.4 Å². The standard InChI is InChI=1S/C19H16N4O4S/c1-12(16-21-22-17(27-16)13-5-3-2-4-6-13)26-15(24)7-9-23-11-20-18-14(19(23)25)8-10-28-18/h2-6,8,10-12H,7,9H2,1H3. The number of fused-ring (bicyclic) bond motifs is 1. The minimum absolute atomic E-state index is 0.0290. The van der Waals surface area contributed by atoms with Crippen LogP contribution in [0.15, 0.2) is 57.3 Å². The lowest BCUT2D eigenvalue weighted by Gasteiger charge is -2.10. The quantitative estimate of drug-likeness (QED) is 0.461. The van der Waals surface area contributed by atoms with Crippen LogP contribution in [-0.2, 0) is 16.1 Å². The van der Waals surface area contributed by atoms with E-state index in [0.29, 0.717) is 16.1 Å². The monoisotopic (exact) mass is 396 g/mol. The van der Waals surface area contributed by atoms with Crippen LogP contribution in [0.2, 0.25) is 0 Å². The van der Waals surface area contributed by atoms with Crippen molar-refractivity contribution in [2.24, 2.45) is 0 Å². The van der Waals surface area contributed by atoms with Gasteiger partial charge < -0.3 is 9.15 Å². The third-order valence-corrected chi connectivity index (χ3v) is 4.95. The molecular formula is C19H16N4O4S. The van der Waals surface area contributed by atoms with E-state index in [1.165, 1.54) is 22.2 Å². The van der Waals surface area contributed by atoms with Crippen LogP contribution in [0, 0.1) is 0 Å². The Kier molecular flexibility index (Phi) is 4.98.